The van der Waals surface area contributed by atoms with Gasteiger partial charge in [-0.1, -0.05) is 42.8 Å². The number of ether oxygens (including phenoxy) is 2. The molecule has 4 rings (SSSR count). The fraction of sp³-hybridized carbons (Fsp3) is 0.280. The average molecular weight is 428 g/mol. The summed E-state index contributed by atoms with van der Waals surface area (Å²) in [5.41, 5.74) is 2.05. The van der Waals surface area contributed by atoms with Crippen LogP contribution in [0, 0.1) is 11.3 Å². The van der Waals surface area contributed by atoms with Gasteiger partial charge in [-0.3, -0.25) is 4.79 Å². The van der Waals surface area contributed by atoms with Gasteiger partial charge in [0.2, 0.25) is 0 Å². The summed E-state index contributed by atoms with van der Waals surface area (Å²) in [6.07, 6.45) is 6.08. The van der Waals surface area contributed by atoms with Gasteiger partial charge in [0, 0.05) is 13.0 Å². The Labute approximate surface area is 186 Å². The number of rotatable bonds is 6. The minimum atomic E-state index is -0.373. The molecule has 2 aromatic carbocycles. The monoisotopic (exact) mass is 428 g/mol. The van der Waals surface area contributed by atoms with Crippen LogP contribution in [-0.2, 0) is 24.2 Å². The molecule has 0 atom stereocenters. The number of esters is 1. The Morgan fingerprint density at radius 2 is 1.97 bits per heavy atom. The SMILES string of the molecule is COc1cc(/C=C(\C#N)c2nnc3n2CCCCC3)ccc1OC(=O)Cc1ccccc1. The van der Waals surface area contributed by atoms with Crippen LogP contribution >= 0.6 is 0 Å². The minimum Gasteiger partial charge on any atom is -0.493 e. The number of allylic oxidation sites excluding steroid dienone is 1. The van der Waals surface area contributed by atoms with E-state index in [1.165, 1.54) is 7.11 Å². The lowest BCUT2D eigenvalue weighted by Gasteiger charge is -2.10. The van der Waals surface area contributed by atoms with Gasteiger partial charge in [0.15, 0.2) is 17.3 Å². The molecule has 1 aliphatic heterocycles. The van der Waals surface area contributed by atoms with Gasteiger partial charge in [-0.2, -0.15) is 5.26 Å². The number of fused-ring (bicyclic) bond motifs is 1. The second kappa shape index (κ2) is 9.92. The summed E-state index contributed by atoms with van der Waals surface area (Å²) in [5.74, 6) is 1.89. The Morgan fingerprint density at radius 1 is 1.12 bits per heavy atom. The summed E-state index contributed by atoms with van der Waals surface area (Å²) in [5, 5.41) is 18.3. The molecule has 7 heteroatoms. The summed E-state index contributed by atoms with van der Waals surface area (Å²) in [7, 11) is 1.51. The van der Waals surface area contributed by atoms with Crippen LogP contribution in [-0.4, -0.2) is 27.8 Å². The third kappa shape index (κ3) is 4.86. The van der Waals surface area contributed by atoms with Crippen molar-refractivity contribution < 1.29 is 14.3 Å². The molecule has 0 bridgehead atoms. The van der Waals surface area contributed by atoms with Crippen molar-refractivity contribution in [3.8, 4) is 17.6 Å². The average Bonchev–Trinajstić information content (AvgIpc) is 3.06. The van der Waals surface area contributed by atoms with Gasteiger partial charge in [-0.15, -0.1) is 10.2 Å². The predicted molar refractivity (Wildman–Crippen MR) is 120 cm³/mol. The van der Waals surface area contributed by atoms with Gasteiger partial charge >= 0.3 is 5.97 Å². The van der Waals surface area contributed by atoms with Crippen molar-refractivity contribution in [3.63, 3.8) is 0 Å². The van der Waals surface area contributed by atoms with Crippen molar-refractivity contribution in [1.29, 1.82) is 5.26 Å². The summed E-state index contributed by atoms with van der Waals surface area (Å²) in [6, 6.07) is 16.9. The van der Waals surface area contributed by atoms with E-state index in [1.807, 2.05) is 34.9 Å². The van der Waals surface area contributed by atoms with Crippen molar-refractivity contribution >= 4 is 17.6 Å². The van der Waals surface area contributed by atoms with Gasteiger partial charge in [0.1, 0.15) is 11.9 Å². The number of carbonyl (C=O) groups excluding carboxylic acids is 1. The quantitative estimate of drug-likeness (QED) is 0.332. The highest BCUT2D eigenvalue weighted by atomic mass is 16.6. The number of aryl methyl sites for hydroxylation is 1. The first-order valence-electron chi connectivity index (χ1n) is 10.6. The lowest BCUT2D eigenvalue weighted by Crippen LogP contribution is -2.11. The molecule has 1 aromatic heterocycles. The fourth-order valence-corrected chi connectivity index (χ4v) is 3.78. The largest absolute Gasteiger partial charge is 0.493 e. The van der Waals surface area contributed by atoms with E-state index >= 15 is 0 Å². The molecule has 0 spiro atoms. The molecule has 162 valence electrons. The highest BCUT2D eigenvalue weighted by Gasteiger charge is 2.18. The second-order valence-electron chi connectivity index (χ2n) is 7.62. The third-order valence-corrected chi connectivity index (χ3v) is 5.38. The number of methoxy groups -OCH3 is 1. The van der Waals surface area contributed by atoms with E-state index < -0.39 is 0 Å². The van der Waals surface area contributed by atoms with E-state index in [0.29, 0.717) is 22.9 Å². The maximum Gasteiger partial charge on any atom is 0.315 e. The molecule has 0 aliphatic carbocycles. The first-order chi connectivity index (χ1) is 15.7. The summed E-state index contributed by atoms with van der Waals surface area (Å²) < 4.78 is 13.0. The maximum absolute atomic E-state index is 12.3. The van der Waals surface area contributed by atoms with Crippen LogP contribution in [0.2, 0.25) is 0 Å². The fourth-order valence-electron chi connectivity index (χ4n) is 3.78. The van der Waals surface area contributed by atoms with Crippen LogP contribution in [0.1, 0.15) is 42.0 Å². The molecule has 7 nitrogen and oxygen atoms in total. The van der Waals surface area contributed by atoms with Crippen LogP contribution in [0.3, 0.4) is 0 Å². The molecule has 0 amide bonds. The van der Waals surface area contributed by atoms with Gasteiger partial charge in [-0.25, -0.2) is 0 Å². The second-order valence-corrected chi connectivity index (χ2v) is 7.62. The van der Waals surface area contributed by atoms with E-state index in [2.05, 4.69) is 16.3 Å². The van der Waals surface area contributed by atoms with E-state index in [9.17, 15) is 10.1 Å². The topological polar surface area (TPSA) is 90.0 Å². The number of benzene rings is 2. The van der Waals surface area contributed by atoms with Crippen molar-refractivity contribution in [2.45, 2.75) is 38.6 Å². The normalized spacial score (nSPS) is 13.6. The molecule has 0 saturated carbocycles. The number of carbonyl (C=O) groups is 1. The van der Waals surface area contributed by atoms with E-state index in [-0.39, 0.29) is 12.4 Å². The Bertz CT molecular complexity index is 1180. The Balaban J connectivity index is 1.55. The zero-order valence-corrected chi connectivity index (χ0v) is 18.0. The van der Waals surface area contributed by atoms with E-state index in [1.54, 1.807) is 24.3 Å². The van der Waals surface area contributed by atoms with E-state index in [0.717, 1.165) is 49.2 Å². The molecule has 0 fully saturated rings. The highest BCUT2D eigenvalue weighted by Crippen LogP contribution is 2.30. The van der Waals surface area contributed by atoms with E-state index in [4.69, 9.17) is 9.47 Å². The number of nitrogens with zero attached hydrogens (tertiary/aromatic N) is 4. The first-order valence-corrected chi connectivity index (χ1v) is 10.6. The molecule has 3 aromatic rings. The lowest BCUT2D eigenvalue weighted by atomic mass is 10.1. The molecule has 0 radical (unpaired) electrons. The molecule has 2 heterocycles. The molecular weight excluding hydrogens is 404 g/mol. The van der Waals surface area contributed by atoms with Crippen molar-refractivity contribution in [3.05, 3.63) is 71.3 Å². The van der Waals surface area contributed by atoms with Gasteiger partial charge in [0.05, 0.1) is 19.1 Å². The number of aromatic nitrogens is 3. The molecule has 0 N–H and O–H groups in total. The van der Waals surface area contributed by atoms with Crippen LogP contribution in [0.4, 0.5) is 0 Å². The minimum absolute atomic E-state index is 0.169. The summed E-state index contributed by atoms with van der Waals surface area (Å²) in [6.45, 7) is 0.816. The predicted octanol–water partition coefficient (Wildman–Crippen LogP) is 4.23. The number of nitriles is 1. The summed E-state index contributed by atoms with van der Waals surface area (Å²) in [4.78, 5) is 12.3. The molecular formula is C25H24N4O3. The first kappa shape index (κ1) is 21.3. The summed E-state index contributed by atoms with van der Waals surface area (Å²) >= 11 is 0. The van der Waals surface area contributed by atoms with Crippen LogP contribution in [0.5, 0.6) is 11.5 Å². The molecule has 32 heavy (non-hydrogen) atoms. The van der Waals surface area contributed by atoms with Crippen molar-refractivity contribution in [2.75, 3.05) is 7.11 Å². The third-order valence-electron chi connectivity index (χ3n) is 5.38. The van der Waals surface area contributed by atoms with Gasteiger partial charge < -0.3 is 14.0 Å². The Hall–Kier alpha value is -3.92. The Kier molecular flexibility index (Phi) is 6.61. The maximum atomic E-state index is 12.3. The molecule has 0 saturated heterocycles. The Morgan fingerprint density at radius 3 is 2.75 bits per heavy atom. The smallest absolute Gasteiger partial charge is 0.315 e. The lowest BCUT2D eigenvalue weighted by molar-refractivity contribution is -0.133. The van der Waals surface area contributed by atoms with Crippen molar-refractivity contribution in [2.24, 2.45) is 0 Å². The van der Waals surface area contributed by atoms with Crippen LogP contribution in [0.15, 0.2) is 48.5 Å². The molecule has 1 aliphatic rings. The van der Waals surface area contributed by atoms with Crippen LogP contribution < -0.4 is 9.47 Å². The highest BCUT2D eigenvalue weighted by molar-refractivity contribution is 5.87. The standard InChI is InChI=1S/C25H24N4O3/c1-31-22-15-19(11-12-21(22)32-24(30)16-18-8-4-2-5-9-18)14-20(17-26)25-28-27-23-10-6-3-7-13-29(23)25/h2,4-5,8-9,11-12,14-15H,3,6-7,10,13,16H2,1H3/b20-14+. The zero-order chi connectivity index (χ0) is 22.3. The zero-order valence-electron chi connectivity index (χ0n) is 18.0. The van der Waals surface area contributed by atoms with Crippen molar-refractivity contribution in [1.82, 2.24) is 14.8 Å². The number of hydrogen-bond donors (Lipinski definition) is 0. The van der Waals surface area contributed by atoms with Crippen LogP contribution in [0.25, 0.3) is 11.6 Å². The number of hydrogen-bond acceptors (Lipinski definition) is 6. The molecule has 0 unspecified atom stereocenters. The van der Waals surface area contributed by atoms with Gasteiger partial charge in [0.25, 0.3) is 0 Å². The van der Waals surface area contributed by atoms with Gasteiger partial charge in [-0.05, 0) is 42.2 Å².